The molecular formula is C35H57NO6. The fourth-order valence-corrected chi connectivity index (χ4v) is 7.07. The minimum absolute atomic E-state index is 0.0511. The van der Waals surface area contributed by atoms with Gasteiger partial charge in [0.2, 0.25) is 5.91 Å². The van der Waals surface area contributed by atoms with E-state index in [2.05, 4.69) is 45.1 Å². The number of carbonyl (C=O) groups excluding carboxylic acids is 2. The zero-order chi connectivity index (χ0) is 31.4. The van der Waals surface area contributed by atoms with E-state index in [0.29, 0.717) is 25.3 Å². The summed E-state index contributed by atoms with van der Waals surface area (Å²) in [7, 11) is 0. The van der Waals surface area contributed by atoms with Crippen LogP contribution in [-0.4, -0.2) is 63.7 Å². The Labute approximate surface area is 254 Å². The maximum Gasteiger partial charge on any atom is 0.329 e. The van der Waals surface area contributed by atoms with Crippen molar-refractivity contribution < 1.29 is 29.3 Å². The highest BCUT2D eigenvalue weighted by molar-refractivity contribution is 5.85. The SMILES string of the molecule is CC(=C\C1C=CC(C)C(O)C1)/C=C(\C)C(OC(=O)C1CCCCN1C(=O)CC1(O)OC(C(C)C)C(C)CC1C)C(C)C. The summed E-state index contributed by atoms with van der Waals surface area (Å²) in [5.74, 6) is -1.46. The minimum Gasteiger partial charge on any atom is -0.456 e. The van der Waals surface area contributed by atoms with E-state index in [0.717, 1.165) is 30.4 Å². The molecule has 2 aliphatic heterocycles. The third-order valence-corrected chi connectivity index (χ3v) is 9.57. The highest BCUT2D eigenvalue weighted by atomic mass is 16.6. The Balaban J connectivity index is 1.71. The summed E-state index contributed by atoms with van der Waals surface area (Å²) in [6.07, 6.45) is 11.1. The fraction of sp³-hybridized carbons (Fsp3) is 0.771. The number of carbonyl (C=O) groups is 2. The number of rotatable bonds is 9. The molecule has 2 N–H and O–H groups in total. The van der Waals surface area contributed by atoms with Crippen LogP contribution in [0.5, 0.6) is 0 Å². The molecule has 9 atom stereocenters. The maximum absolute atomic E-state index is 13.7. The number of aliphatic hydroxyl groups is 2. The Morgan fingerprint density at radius 1 is 1.10 bits per heavy atom. The number of allylic oxidation sites excluding steroid dienone is 4. The lowest BCUT2D eigenvalue weighted by Gasteiger charge is -2.47. The summed E-state index contributed by atoms with van der Waals surface area (Å²) >= 11 is 0. The Kier molecular flexibility index (Phi) is 12.1. The third kappa shape index (κ3) is 8.57. The van der Waals surface area contributed by atoms with Crippen LogP contribution >= 0.6 is 0 Å². The van der Waals surface area contributed by atoms with Crippen LogP contribution in [0.15, 0.2) is 35.5 Å². The van der Waals surface area contributed by atoms with Gasteiger partial charge in [-0.1, -0.05) is 78.3 Å². The van der Waals surface area contributed by atoms with Gasteiger partial charge in [0.25, 0.3) is 0 Å². The van der Waals surface area contributed by atoms with Gasteiger partial charge in [0, 0.05) is 12.5 Å². The predicted octanol–water partition coefficient (Wildman–Crippen LogP) is 6.20. The number of amides is 1. The Morgan fingerprint density at radius 2 is 1.79 bits per heavy atom. The first-order chi connectivity index (χ1) is 19.6. The van der Waals surface area contributed by atoms with E-state index in [4.69, 9.17) is 9.47 Å². The van der Waals surface area contributed by atoms with Crippen LogP contribution in [0.25, 0.3) is 0 Å². The molecule has 0 aromatic rings. The molecule has 2 saturated heterocycles. The van der Waals surface area contributed by atoms with Gasteiger partial charge in [-0.15, -0.1) is 0 Å². The maximum atomic E-state index is 13.7. The molecular weight excluding hydrogens is 530 g/mol. The van der Waals surface area contributed by atoms with Crippen LogP contribution in [0, 0.1) is 35.5 Å². The van der Waals surface area contributed by atoms with Gasteiger partial charge in [0.05, 0.1) is 18.6 Å². The van der Waals surface area contributed by atoms with Crippen molar-refractivity contribution in [2.75, 3.05) is 6.54 Å². The Morgan fingerprint density at radius 3 is 2.40 bits per heavy atom. The molecule has 1 aliphatic carbocycles. The number of hydrogen-bond acceptors (Lipinski definition) is 6. The molecule has 7 heteroatoms. The molecule has 3 aliphatic rings. The highest BCUT2D eigenvalue weighted by Crippen LogP contribution is 2.41. The smallest absolute Gasteiger partial charge is 0.329 e. The molecule has 0 bridgehead atoms. The summed E-state index contributed by atoms with van der Waals surface area (Å²) in [6, 6.07) is -0.671. The van der Waals surface area contributed by atoms with Crippen molar-refractivity contribution in [3.63, 3.8) is 0 Å². The van der Waals surface area contributed by atoms with E-state index >= 15 is 0 Å². The number of ether oxygens (including phenoxy) is 2. The second kappa shape index (κ2) is 14.7. The molecule has 1 amide bonds. The van der Waals surface area contributed by atoms with E-state index in [-0.39, 0.29) is 60.1 Å². The van der Waals surface area contributed by atoms with Crippen molar-refractivity contribution in [2.45, 2.75) is 131 Å². The number of likely N-dealkylation sites (tertiary alicyclic amines) is 1. The van der Waals surface area contributed by atoms with Crippen LogP contribution in [0.3, 0.4) is 0 Å². The lowest BCUT2D eigenvalue weighted by molar-refractivity contribution is -0.300. The van der Waals surface area contributed by atoms with Gasteiger partial charge in [-0.25, -0.2) is 4.79 Å². The van der Waals surface area contributed by atoms with Crippen LogP contribution < -0.4 is 0 Å². The molecule has 0 aromatic carbocycles. The summed E-state index contributed by atoms with van der Waals surface area (Å²) in [5, 5.41) is 21.8. The number of hydrogen-bond donors (Lipinski definition) is 2. The monoisotopic (exact) mass is 587 g/mol. The van der Waals surface area contributed by atoms with E-state index < -0.39 is 17.9 Å². The van der Waals surface area contributed by atoms with Gasteiger partial charge in [-0.05, 0) is 81.1 Å². The van der Waals surface area contributed by atoms with Gasteiger partial charge in [-0.3, -0.25) is 4.79 Å². The largest absolute Gasteiger partial charge is 0.456 e. The minimum atomic E-state index is -1.55. The number of esters is 1. The topological polar surface area (TPSA) is 96.3 Å². The molecule has 2 heterocycles. The fourth-order valence-electron chi connectivity index (χ4n) is 7.07. The Bertz CT molecular complexity index is 1030. The second-order valence-corrected chi connectivity index (χ2v) is 14.2. The lowest BCUT2D eigenvalue weighted by Crippen LogP contribution is -2.56. The van der Waals surface area contributed by atoms with Crippen LogP contribution in [-0.2, 0) is 19.1 Å². The van der Waals surface area contributed by atoms with Gasteiger partial charge < -0.3 is 24.6 Å². The van der Waals surface area contributed by atoms with Gasteiger partial charge in [0.15, 0.2) is 5.79 Å². The molecule has 2 fully saturated rings. The van der Waals surface area contributed by atoms with Crippen molar-refractivity contribution in [3.05, 3.63) is 35.5 Å². The molecule has 7 nitrogen and oxygen atoms in total. The molecule has 0 spiro atoms. The standard InChI is InChI=1S/C35H57NO6/c1-21(2)32(25(7)16-23(5)17-28-14-13-24(6)30(37)19-28)41-34(39)29-12-10-11-15-36(29)31(38)20-35(40)27(9)18-26(8)33(42-35)22(3)4/h13-14,16-17,21-22,24,26-30,32-33,37,40H,10-12,15,18-20H2,1-9H3/b23-17+,25-16+. The summed E-state index contributed by atoms with van der Waals surface area (Å²) in [4.78, 5) is 28.9. The quantitative estimate of drug-likeness (QED) is 0.190. The molecule has 3 rings (SSSR count). The Hall–Kier alpha value is -1.96. The third-order valence-electron chi connectivity index (χ3n) is 9.57. The van der Waals surface area contributed by atoms with Crippen molar-refractivity contribution in [3.8, 4) is 0 Å². The molecule has 0 radical (unpaired) electrons. The van der Waals surface area contributed by atoms with Crippen LogP contribution in [0.4, 0.5) is 0 Å². The summed E-state index contributed by atoms with van der Waals surface area (Å²) in [5.41, 5.74) is 2.01. The first-order valence-corrected chi connectivity index (χ1v) is 16.3. The number of piperidine rings is 1. The zero-order valence-corrected chi connectivity index (χ0v) is 27.5. The average molecular weight is 588 g/mol. The highest BCUT2D eigenvalue weighted by Gasteiger charge is 2.48. The van der Waals surface area contributed by atoms with E-state index in [1.54, 1.807) is 4.90 Å². The first-order valence-electron chi connectivity index (χ1n) is 16.3. The zero-order valence-electron chi connectivity index (χ0n) is 27.5. The van der Waals surface area contributed by atoms with Crippen molar-refractivity contribution in [1.29, 1.82) is 0 Å². The lowest BCUT2D eigenvalue weighted by atomic mass is 9.79. The van der Waals surface area contributed by atoms with Crippen LogP contribution in [0.1, 0.15) is 101 Å². The van der Waals surface area contributed by atoms with Crippen molar-refractivity contribution in [2.24, 2.45) is 35.5 Å². The van der Waals surface area contributed by atoms with Crippen molar-refractivity contribution in [1.82, 2.24) is 4.90 Å². The van der Waals surface area contributed by atoms with Gasteiger partial charge in [-0.2, -0.15) is 0 Å². The molecule has 42 heavy (non-hydrogen) atoms. The van der Waals surface area contributed by atoms with Crippen LogP contribution in [0.2, 0.25) is 0 Å². The number of aliphatic hydroxyl groups excluding tert-OH is 1. The van der Waals surface area contributed by atoms with E-state index in [1.165, 1.54) is 0 Å². The second-order valence-electron chi connectivity index (χ2n) is 14.2. The summed E-state index contributed by atoms with van der Waals surface area (Å²) in [6.45, 7) is 18.8. The van der Waals surface area contributed by atoms with Gasteiger partial charge >= 0.3 is 5.97 Å². The molecule has 238 valence electrons. The van der Waals surface area contributed by atoms with E-state index in [9.17, 15) is 19.8 Å². The molecule has 0 saturated carbocycles. The molecule has 0 aromatic heterocycles. The predicted molar refractivity (Wildman–Crippen MR) is 166 cm³/mol. The first kappa shape index (κ1) is 34.5. The summed E-state index contributed by atoms with van der Waals surface area (Å²) < 4.78 is 12.3. The average Bonchev–Trinajstić information content (AvgIpc) is 2.91. The molecule has 9 unspecified atom stereocenters. The number of nitrogens with zero attached hydrogens (tertiary/aromatic N) is 1. The van der Waals surface area contributed by atoms with Crippen molar-refractivity contribution >= 4 is 11.9 Å². The normalized spacial score (nSPS) is 35.5. The van der Waals surface area contributed by atoms with Gasteiger partial charge in [0.1, 0.15) is 12.1 Å². The van der Waals surface area contributed by atoms with E-state index in [1.807, 2.05) is 41.5 Å².